The van der Waals surface area contributed by atoms with E-state index in [1.807, 2.05) is 17.9 Å². The fourth-order valence-corrected chi connectivity index (χ4v) is 2.78. The molecule has 1 atom stereocenters. The smallest absolute Gasteiger partial charge is 0.0534 e. The van der Waals surface area contributed by atoms with Crippen LogP contribution in [-0.4, -0.2) is 40.4 Å². The first kappa shape index (κ1) is 11.2. The molecule has 0 spiro atoms. The molecular formula is C13H22N4. The summed E-state index contributed by atoms with van der Waals surface area (Å²) in [7, 11) is 1.97. The van der Waals surface area contributed by atoms with E-state index in [1.165, 1.54) is 37.9 Å². The summed E-state index contributed by atoms with van der Waals surface area (Å²) in [4.78, 5) is 2.68. The van der Waals surface area contributed by atoms with Crippen molar-refractivity contribution < 1.29 is 0 Å². The third-order valence-electron chi connectivity index (χ3n) is 3.90. The van der Waals surface area contributed by atoms with Gasteiger partial charge in [-0.05, 0) is 38.3 Å². The van der Waals surface area contributed by atoms with E-state index in [0.717, 1.165) is 25.0 Å². The summed E-state index contributed by atoms with van der Waals surface area (Å²) in [5.74, 6) is 0.854. The number of hydrogen-bond donors (Lipinski definition) is 1. The molecule has 0 radical (unpaired) electrons. The zero-order valence-electron chi connectivity index (χ0n) is 10.6. The lowest BCUT2D eigenvalue weighted by molar-refractivity contribution is 0.312. The zero-order chi connectivity index (χ0) is 11.7. The van der Waals surface area contributed by atoms with Gasteiger partial charge < -0.3 is 10.2 Å². The number of nitrogens with one attached hydrogen (secondary N) is 1. The maximum Gasteiger partial charge on any atom is 0.0534 e. The van der Waals surface area contributed by atoms with Gasteiger partial charge in [0.25, 0.3) is 0 Å². The predicted octanol–water partition coefficient (Wildman–Crippen LogP) is 0.994. The molecule has 1 saturated carbocycles. The van der Waals surface area contributed by atoms with Crippen molar-refractivity contribution >= 4 is 0 Å². The van der Waals surface area contributed by atoms with E-state index in [2.05, 4.69) is 21.5 Å². The molecule has 1 aliphatic carbocycles. The van der Waals surface area contributed by atoms with Crippen molar-refractivity contribution in [2.45, 2.75) is 31.8 Å². The third kappa shape index (κ3) is 2.87. The van der Waals surface area contributed by atoms with Crippen molar-refractivity contribution in [3.63, 3.8) is 0 Å². The highest BCUT2D eigenvalue weighted by atomic mass is 15.2. The molecule has 1 aromatic heterocycles. The number of aryl methyl sites for hydroxylation is 1. The number of rotatable bonds is 5. The number of nitrogens with zero attached hydrogens (tertiary/aromatic N) is 3. The Hall–Kier alpha value is -0.870. The first-order valence-corrected chi connectivity index (χ1v) is 6.73. The van der Waals surface area contributed by atoms with Gasteiger partial charge in [-0.1, -0.05) is 0 Å². The van der Waals surface area contributed by atoms with Gasteiger partial charge >= 0.3 is 0 Å². The largest absolute Gasteiger partial charge is 0.312 e. The Labute approximate surface area is 103 Å². The zero-order valence-corrected chi connectivity index (χ0v) is 10.6. The van der Waals surface area contributed by atoms with Gasteiger partial charge in [0, 0.05) is 37.9 Å². The minimum absolute atomic E-state index is 0.854. The maximum atomic E-state index is 4.18. The molecule has 4 nitrogen and oxygen atoms in total. The van der Waals surface area contributed by atoms with Crippen LogP contribution in [0.25, 0.3) is 0 Å². The van der Waals surface area contributed by atoms with Crippen LogP contribution in [-0.2, 0) is 13.6 Å². The second-order valence-corrected chi connectivity index (χ2v) is 5.53. The molecule has 2 fully saturated rings. The second-order valence-electron chi connectivity index (χ2n) is 5.53. The Kier molecular flexibility index (Phi) is 3.16. The summed E-state index contributed by atoms with van der Waals surface area (Å²) in [6, 6.07) is 0.943. The van der Waals surface area contributed by atoms with Crippen molar-refractivity contribution in [2.24, 2.45) is 13.0 Å². The summed E-state index contributed by atoms with van der Waals surface area (Å²) < 4.78 is 1.86. The molecule has 1 N–H and O–H groups in total. The van der Waals surface area contributed by atoms with Crippen LogP contribution in [0.2, 0.25) is 0 Å². The lowest BCUT2D eigenvalue weighted by atomic mass is 10.1. The number of aromatic nitrogens is 2. The quantitative estimate of drug-likeness (QED) is 0.825. The van der Waals surface area contributed by atoms with Gasteiger partial charge in [0.15, 0.2) is 0 Å². The van der Waals surface area contributed by atoms with E-state index in [9.17, 15) is 0 Å². The molecule has 1 aromatic rings. The molecule has 3 rings (SSSR count). The highest BCUT2D eigenvalue weighted by Gasteiger charge is 2.33. The van der Waals surface area contributed by atoms with Gasteiger partial charge in [-0.25, -0.2) is 0 Å². The topological polar surface area (TPSA) is 33.1 Å². The Morgan fingerprint density at radius 2 is 2.29 bits per heavy atom. The van der Waals surface area contributed by atoms with Crippen molar-refractivity contribution in [3.8, 4) is 0 Å². The van der Waals surface area contributed by atoms with Gasteiger partial charge in [0.05, 0.1) is 6.20 Å². The average molecular weight is 234 g/mol. The minimum Gasteiger partial charge on any atom is -0.312 e. The molecule has 2 aliphatic rings. The Morgan fingerprint density at radius 1 is 1.41 bits per heavy atom. The first-order chi connectivity index (χ1) is 8.31. The summed E-state index contributed by atoms with van der Waals surface area (Å²) in [5, 5.41) is 7.74. The Balaban J connectivity index is 1.37. The Morgan fingerprint density at radius 3 is 3.00 bits per heavy atom. The van der Waals surface area contributed by atoms with Crippen molar-refractivity contribution in [1.82, 2.24) is 20.0 Å². The molecule has 17 heavy (non-hydrogen) atoms. The first-order valence-electron chi connectivity index (χ1n) is 6.73. The van der Waals surface area contributed by atoms with Crippen LogP contribution in [0.4, 0.5) is 0 Å². The van der Waals surface area contributed by atoms with E-state index >= 15 is 0 Å². The second kappa shape index (κ2) is 4.78. The number of hydrogen-bond acceptors (Lipinski definition) is 3. The molecule has 2 heterocycles. The van der Waals surface area contributed by atoms with Crippen LogP contribution >= 0.6 is 0 Å². The number of likely N-dealkylation sites (tertiary alicyclic amines) is 1. The maximum absolute atomic E-state index is 4.18. The van der Waals surface area contributed by atoms with E-state index < -0.39 is 0 Å². The monoisotopic (exact) mass is 234 g/mol. The summed E-state index contributed by atoms with van der Waals surface area (Å²) in [6.07, 6.45) is 8.28. The van der Waals surface area contributed by atoms with Crippen LogP contribution in [0.5, 0.6) is 0 Å². The van der Waals surface area contributed by atoms with Gasteiger partial charge in [0.1, 0.15) is 0 Å². The molecule has 0 aromatic carbocycles. The third-order valence-corrected chi connectivity index (χ3v) is 3.90. The lowest BCUT2D eigenvalue weighted by Crippen LogP contribution is -2.27. The van der Waals surface area contributed by atoms with Crippen LogP contribution in [0, 0.1) is 5.92 Å². The molecule has 1 saturated heterocycles. The molecule has 0 bridgehead atoms. The highest BCUT2D eigenvalue weighted by molar-refractivity contribution is 5.02. The molecule has 0 amide bonds. The molecular weight excluding hydrogens is 212 g/mol. The van der Waals surface area contributed by atoms with Crippen LogP contribution in [0.3, 0.4) is 0 Å². The van der Waals surface area contributed by atoms with Crippen molar-refractivity contribution in [2.75, 3.05) is 19.6 Å². The molecule has 1 aliphatic heterocycles. The predicted molar refractivity (Wildman–Crippen MR) is 67.6 cm³/mol. The Bertz CT molecular complexity index is 369. The van der Waals surface area contributed by atoms with Crippen molar-refractivity contribution in [1.29, 1.82) is 0 Å². The standard InChI is InChI=1S/C13H22N4/c1-16-9-12(8-15-16)7-14-6-11-4-5-17(10-11)13-2-3-13/h8-9,11,13-14H,2-7,10H2,1H3/t11-/m1/s1. The minimum atomic E-state index is 0.854. The van der Waals surface area contributed by atoms with E-state index in [4.69, 9.17) is 0 Å². The van der Waals surface area contributed by atoms with Gasteiger partial charge in [0.2, 0.25) is 0 Å². The van der Waals surface area contributed by atoms with Gasteiger partial charge in [-0.2, -0.15) is 5.10 Å². The van der Waals surface area contributed by atoms with Gasteiger partial charge in [-0.15, -0.1) is 0 Å². The van der Waals surface area contributed by atoms with E-state index in [0.29, 0.717) is 0 Å². The average Bonchev–Trinajstić information content (AvgIpc) is 2.93. The fourth-order valence-electron chi connectivity index (χ4n) is 2.78. The van der Waals surface area contributed by atoms with Crippen LogP contribution < -0.4 is 5.32 Å². The van der Waals surface area contributed by atoms with Crippen LogP contribution in [0.1, 0.15) is 24.8 Å². The summed E-state index contributed by atoms with van der Waals surface area (Å²) in [6.45, 7) is 4.74. The molecule has 0 unspecified atom stereocenters. The normalized spacial score (nSPS) is 25.6. The highest BCUT2D eigenvalue weighted by Crippen LogP contribution is 2.31. The lowest BCUT2D eigenvalue weighted by Gasteiger charge is -2.14. The fraction of sp³-hybridized carbons (Fsp3) is 0.769. The van der Waals surface area contributed by atoms with Crippen molar-refractivity contribution in [3.05, 3.63) is 18.0 Å². The van der Waals surface area contributed by atoms with Gasteiger partial charge in [-0.3, -0.25) is 4.68 Å². The SMILES string of the molecule is Cn1cc(CNC[C@H]2CCN(C3CC3)C2)cn1. The van der Waals surface area contributed by atoms with E-state index in [1.54, 1.807) is 0 Å². The summed E-state index contributed by atoms with van der Waals surface area (Å²) in [5.41, 5.74) is 1.28. The molecule has 4 heteroatoms. The summed E-state index contributed by atoms with van der Waals surface area (Å²) >= 11 is 0. The van der Waals surface area contributed by atoms with Crippen LogP contribution in [0.15, 0.2) is 12.4 Å². The molecule has 94 valence electrons. The van der Waals surface area contributed by atoms with E-state index in [-0.39, 0.29) is 0 Å².